The van der Waals surface area contributed by atoms with Gasteiger partial charge in [-0.25, -0.2) is 0 Å². The first-order valence-corrected chi connectivity index (χ1v) is 8.41. The maximum absolute atomic E-state index is 12.6. The Labute approximate surface area is 146 Å². The molecule has 25 heavy (non-hydrogen) atoms. The van der Waals surface area contributed by atoms with Crippen LogP contribution in [0.4, 0.5) is 0 Å². The fourth-order valence-electron chi connectivity index (χ4n) is 2.56. The standard InChI is InChI=1S/C19H21N3O3/c1-3-14(2)22(19(23)16-10-7-13-24-16)12-11-17-20-18(21-25-17)15-8-5-4-6-9-15/h4-10,13-14H,3,11-12H2,1-2H3/t14-/m0/s1. The minimum Gasteiger partial charge on any atom is -0.459 e. The SMILES string of the molecule is CC[C@H](C)N(CCc1nc(-c2ccccc2)no1)C(=O)c1ccco1. The zero-order chi connectivity index (χ0) is 17.6. The summed E-state index contributed by atoms with van der Waals surface area (Å²) in [5.41, 5.74) is 0.906. The molecule has 0 aliphatic heterocycles. The van der Waals surface area contributed by atoms with Gasteiger partial charge in [0.15, 0.2) is 5.76 Å². The van der Waals surface area contributed by atoms with Gasteiger partial charge in [0.1, 0.15) is 0 Å². The lowest BCUT2D eigenvalue weighted by atomic mass is 10.2. The number of hydrogen-bond acceptors (Lipinski definition) is 5. The molecule has 0 saturated carbocycles. The van der Waals surface area contributed by atoms with Crippen molar-refractivity contribution in [1.29, 1.82) is 0 Å². The number of aromatic nitrogens is 2. The van der Waals surface area contributed by atoms with Crippen LogP contribution in [-0.2, 0) is 6.42 Å². The normalized spacial score (nSPS) is 12.1. The highest BCUT2D eigenvalue weighted by molar-refractivity contribution is 5.91. The van der Waals surface area contributed by atoms with E-state index in [9.17, 15) is 4.79 Å². The minimum absolute atomic E-state index is 0.0918. The van der Waals surface area contributed by atoms with Crippen LogP contribution in [0.25, 0.3) is 11.4 Å². The van der Waals surface area contributed by atoms with E-state index in [0.717, 1.165) is 12.0 Å². The van der Waals surface area contributed by atoms with Crippen molar-refractivity contribution < 1.29 is 13.7 Å². The van der Waals surface area contributed by atoms with Crippen LogP contribution in [0, 0.1) is 0 Å². The summed E-state index contributed by atoms with van der Waals surface area (Å²) in [6, 6.07) is 13.1. The van der Waals surface area contributed by atoms with Gasteiger partial charge in [0.05, 0.1) is 6.26 Å². The molecule has 0 bridgehead atoms. The topological polar surface area (TPSA) is 72.4 Å². The molecule has 6 heteroatoms. The highest BCUT2D eigenvalue weighted by atomic mass is 16.5. The molecule has 6 nitrogen and oxygen atoms in total. The van der Waals surface area contributed by atoms with Crippen LogP contribution in [0.2, 0.25) is 0 Å². The Bertz CT molecular complexity index is 796. The summed E-state index contributed by atoms with van der Waals surface area (Å²) in [6.07, 6.45) is 2.86. The first-order valence-electron chi connectivity index (χ1n) is 8.41. The van der Waals surface area contributed by atoms with Crippen molar-refractivity contribution in [2.75, 3.05) is 6.54 Å². The summed E-state index contributed by atoms with van der Waals surface area (Å²) in [5.74, 6) is 1.29. The molecule has 1 atom stereocenters. The Morgan fingerprint density at radius 3 is 2.68 bits per heavy atom. The predicted octanol–water partition coefficient (Wildman–Crippen LogP) is 3.81. The van der Waals surface area contributed by atoms with Crippen molar-refractivity contribution in [3.05, 3.63) is 60.4 Å². The lowest BCUT2D eigenvalue weighted by Gasteiger charge is -2.27. The van der Waals surface area contributed by atoms with Crippen molar-refractivity contribution in [2.45, 2.75) is 32.7 Å². The molecule has 130 valence electrons. The van der Waals surface area contributed by atoms with Gasteiger partial charge in [-0.3, -0.25) is 4.79 Å². The number of rotatable bonds is 7. The van der Waals surface area contributed by atoms with Crippen LogP contribution in [-0.4, -0.2) is 33.5 Å². The Morgan fingerprint density at radius 1 is 1.20 bits per heavy atom. The first-order chi connectivity index (χ1) is 12.2. The molecule has 3 aromatic rings. The second-order valence-electron chi connectivity index (χ2n) is 5.86. The quantitative estimate of drug-likeness (QED) is 0.654. The van der Waals surface area contributed by atoms with E-state index in [0.29, 0.717) is 30.4 Å². The van der Waals surface area contributed by atoms with Crippen LogP contribution in [0.1, 0.15) is 36.7 Å². The summed E-state index contributed by atoms with van der Waals surface area (Å²) in [4.78, 5) is 18.8. The summed E-state index contributed by atoms with van der Waals surface area (Å²) in [7, 11) is 0. The third-order valence-corrected chi connectivity index (χ3v) is 4.18. The highest BCUT2D eigenvalue weighted by Crippen LogP contribution is 2.16. The Morgan fingerprint density at radius 2 is 2.00 bits per heavy atom. The average molecular weight is 339 g/mol. The van der Waals surface area contributed by atoms with Crippen molar-refractivity contribution in [3.8, 4) is 11.4 Å². The molecule has 1 aromatic carbocycles. The molecule has 2 heterocycles. The summed E-state index contributed by atoms with van der Waals surface area (Å²) in [6.45, 7) is 4.56. The Hall–Kier alpha value is -2.89. The van der Waals surface area contributed by atoms with E-state index < -0.39 is 0 Å². The molecule has 0 saturated heterocycles. The fraction of sp³-hybridized carbons (Fsp3) is 0.316. The number of nitrogens with zero attached hydrogens (tertiary/aromatic N) is 3. The van der Waals surface area contributed by atoms with Crippen molar-refractivity contribution in [2.24, 2.45) is 0 Å². The largest absolute Gasteiger partial charge is 0.459 e. The molecular formula is C19H21N3O3. The molecule has 1 amide bonds. The first kappa shape index (κ1) is 17.0. The molecule has 0 radical (unpaired) electrons. The summed E-state index contributed by atoms with van der Waals surface area (Å²) < 4.78 is 10.6. The van der Waals surface area contributed by atoms with Crippen LogP contribution in [0.5, 0.6) is 0 Å². The highest BCUT2D eigenvalue weighted by Gasteiger charge is 2.23. The van der Waals surface area contributed by atoms with Crippen molar-refractivity contribution >= 4 is 5.91 Å². The molecule has 0 aliphatic carbocycles. The molecule has 2 aromatic heterocycles. The fourth-order valence-corrected chi connectivity index (χ4v) is 2.56. The van der Waals surface area contributed by atoms with E-state index >= 15 is 0 Å². The van der Waals surface area contributed by atoms with Crippen LogP contribution in [0.15, 0.2) is 57.7 Å². The molecule has 0 aliphatic rings. The maximum Gasteiger partial charge on any atom is 0.289 e. The second kappa shape index (κ2) is 7.79. The third-order valence-electron chi connectivity index (χ3n) is 4.18. The van der Waals surface area contributed by atoms with Crippen molar-refractivity contribution in [3.63, 3.8) is 0 Å². The smallest absolute Gasteiger partial charge is 0.289 e. The number of carbonyl (C=O) groups is 1. The number of benzene rings is 1. The van der Waals surface area contributed by atoms with Gasteiger partial charge in [-0.15, -0.1) is 0 Å². The van der Waals surface area contributed by atoms with Crippen LogP contribution >= 0.6 is 0 Å². The van der Waals surface area contributed by atoms with Crippen molar-refractivity contribution in [1.82, 2.24) is 15.0 Å². The maximum atomic E-state index is 12.6. The van der Waals surface area contributed by atoms with E-state index in [1.165, 1.54) is 6.26 Å². The minimum atomic E-state index is -0.123. The van der Waals surface area contributed by atoms with Gasteiger partial charge in [0, 0.05) is 24.6 Å². The Balaban J connectivity index is 1.69. The average Bonchev–Trinajstić information content (AvgIpc) is 3.34. The summed E-state index contributed by atoms with van der Waals surface area (Å²) in [5, 5.41) is 4.02. The van der Waals surface area contributed by atoms with Gasteiger partial charge in [-0.1, -0.05) is 42.4 Å². The molecule has 0 fully saturated rings. The van der Waals surface area contributed by atoms with Gasteiger partial charge in [-0.05, 0) is 25.5 Å². The van der Waals surface area contributed by atoms with Crippen LogP contribution < -0.4 is 0 Å². The molecular weight excluding hydrogens is 318 g/mol. The third kappa shape index (κ3) is 3.96. The van der Waals surface area contributed by atoms with E-state index in [4.69, 9.17) is 8.94 Å². The van der Waals surface area contributed by atoms with Gasteiger partial charge in [0.2, 0.25) is 11.7 Å². The number of amides is 1. The summed E-state index contributed by atoms with van der Waals surface area (Å²) >= 11 is 0. The van der Waals surface area contributed by atoms with Crippen LogP contribution in [0.3, 0.4) is 0 Å². The molecule has 0 spiro atoms. The lowest BCUT2D eigenvalue weighted by molar-refractivity contribution is 0.0654. The molecule has 3 rings (SSSR count). The zero-order valence-electron chi connectivity index (χ0n) is 14.4. The van der Waals surface area contributed by atoms with Gasteiger partial charge >= 0.3 is 0 Å². The number of carbonyl (C=O) groups excluding carboxylic acids is 1. The Kier molecular flexibility index (Phi) is 5.28. The lowest BCUT2D eigenvalue weighted by Crippen LogP contribution is -2.39. The van der Waals surface area contributed by atoms with E-state index in [-0.39, 0.29) is 11.9 Å². The molecule has 0 unspecified atom stereocenters. The molecule has 0 N–H and O–H groups in total. The van der Waals surface area contributed by atoms with E-state index in [1.807, 2.05) is 44.2 Å². The second-order valence-corrected chi connectivity index (χ2v) is 5.86. The monoisotopic (exact) mass is 339 g/mol. The van der Waals surface area contributed by atoms with E-state index in [2.05, 4.69) is 10.1 Å². The zero-order valence-corrected chi connectivity index (χ0v) is 14.4. The van der Waals surface area contributed by atoms with E-state index in [1.54, 1.807) is 17.0 Å². The predicted molar refractivity (Wildman–Crippen MR) is 92.9 cm³/mol. The number of hydrogen-bond donors (Lipinski definition) is 0. The number of furan rings is 1. The van der Waals surface area contributed by atoms with Gasteiger partial charge in [-0.2, -0.15) is 4.98 Å². The van der Waals surface area contributed by atoms with Gasteiger partial charge in [0.25, 0.3) is 5.91 Å². The van der Waals surface area contributed by atoms with Gasteiger partial charge < -0.3 is 13.8 Å².